The van der Waals surface area contributed by atoms with Gasteiger partial charge < -0.3 is 9.84 Å². The molecule has 0 aromatic rings. The molecule has 4 fully saturated rings. The lowest BCUT2D eigenvalue weighted by Gasteiger charge is -2.55. The molecule has 0 aliphatic heterocycles. The van der Waals surface area contributed by atoms with Crippen LogP contribution in [0.4, 0.5) is 0 Å². The molecule has 1 unspecified atom stereocenters. The molecule has 0 heterocycles. The van der Waals surface area contributed by atoms with Gasteiger partial charge in [-0.25, -0.2) is 4.79 Å². The lowest BCUT2D eigenvalue weighted by molar-refractivity contribution is -0.168. The highest BCUT2D eigenvalue weighted by Gasteiger charge is 2.52. The normalized spacial score (nSPS) is 44.9. The van der Waals surface area contributed by atoms with Gasteiger partial charge >= 0.3 is 5.97 Å². The average molecular weight is 238 g/mol. The fourth-order valence-corrected chi connectivity index (χ4v) is 4.99. The van der Waals surface area contributed by atoms with Crippen LogP contribution in [-0.2, 0) is 9.53 Å². The molecule has 1 N–H and O–H groups in total. The maximum atomic E-state index is 11.4. The monoisotopic (exact) mass is 238 g/mol. The Morgan fingerprint density at radius 3 is 2.12 bits per heavy atom. The molecular weight excluding hydrogens is 216 g/mol. The molecule has 4 bridgehead atoms. The van der Waals surface area contributed by atoms with Gasteiger partial charge in [-0.3, -0.25) is 0 Å². The van der Waals surface area contributed by atoms with Crippen LogP contribution in [0.5, 0.6) is 0 Å². The van der Waals surface area contributed by atoms with Crippen molar-refractivity contribution in [3.63, 3.8) is 0 Å². The molecular formula is C14H22O3. The quantitative estimate of drug-likeness (QED) is 0.818. The molecule has 0 radical (unpaired) electrons. The van der Waals surface area contributed by atoms with E-state index in [9.17, 15) is 9.90 Å². The summed E-state index contributed by atoms with van der Waals surface area (Å²) in [7, 11) is 0. The number of aliphatic carboxylic acids is 1. The second-order valence-electron chi connectivity index (χ2n) is 6.22. The Morgan fingerprint density at radius 1 is 1.18 bits per heavy atom. The van der Waals surface area contributed by atoms with Gasteiger partial charge in [0.15, 0.2) is 6.10 Å². The van der Waals surface area contributed by atoms with E-state index in [2.05, 4.69) is 0 Å². The summed E-state index contributed by atoms with van der Waals surface area (Å²) in [5.74, 6) is 2.58. The molecule has 4 saturated carbocycles. The molecule has 0 aromatic carbocycles. The Hall–Kier alpha value is -0.570. The predicted molar refractivity (Wildman–Crippen MR) is 63.6 cm³/mol. The highest BCUT2D eigenvalue weighted by Crippen LogP contribution is 2.57. The number of carboxylic acid groups (broad SMARTS) is 1. The summed E-state index contributed by atoms with van der Waals surface area (Å²) < 4.78 is 5.53. The number of hydrogen-bond acceptors (Lipinski definition) is 2. The first-order valence-corrected chi connectivity index (χ1v) is 7.03. The summed E-state index contributed by atoms with van der Waals surface area (Å²) >= 11 is 0. The van der Waals surface area contributed by atoms with Crippen molar-refractivity contribution in [2.75, 3.05) is 6.61 Å². The van der Waals surface area contributed by atoms with E-state index in [1.807, 2.05) is 6.92 Å². The maximum absolute atomic E-state index is 11.4. The van der Waals surface area contributed by atoms with Crippen molar-refractivity contribution in [1.29, 1.82) is 0 Å². The molecule has 4 rings (SSSR count). The standard InChI is InChI=1S/C14H22O3/c1-2-17-13(14(15)16)12-10-4-8-3-9(6-10)7-11(12)5-8/h8-13H,2-7H2,1H3,(H,15,16). The van der Waals surface area contributed by atoms with Crippen LogP contribution in [0.1, 0.15) is 39.0 Å². The number of hydrogen-bond donors (Lipinski definition) is 1. The van der Waals surface area contributed by atoms with Gasteiger partial charge in [0.1, 0.15) is 0 Å². The largest absolute Gasteiger partial charge is 0.479 e. The van der Waals surface area contributed by atoms with Gasteiger partial charge in [-0.15, -0.1) is 0 Å². The zero-order valence-corrected chi connectivity index (χ0v) is 10.5. The average Bonchev–Trinajstić information content (AvgIpc) is 2.26. The number of rotatable bonds is 4. The van der Waals surface area contributed by atoms with Crippen molar-refractivity contribution in [1.82, 2.24) is 0 Å². The molecule has 17 heavy (non-hydrogen) atoms. The van der Waals surface area contributed by atoms with Gasteiger partial charge in [-0.1, -0.05) is 0 Å². The fraction of sp³-hybridized carbons (Fsp3) is 0.929. The van der Waals surface area contributed by atoms with Crippen LogP contribution in [-0.4, -0.2) is 23.8 Å². The smallest absolute Gasteiger partial charge is 0.333 e. The topological polar surface area (TPSA) is 46.5 Å². The summed E-state index contributed by atoms with van der Waals surface area (Å²) in [6.45, 7) is 2.41. The van der Waals surface area contributed by atoms with E-state index >= 15 is 0 Å². The first-order valence-electron chi connectivity index (χ1n) is 7.03. The van der Waals surface area contributed by atoms with Crippen molar-refractivity contribution in [2.45, 2.75) is 45.1 Å². The SMILES string of the molecule is CCOC(C(=O)O)C1C2CC3CC(C2)CC1C3. The maximum Gasteiger partial charge on any atom is 0.333 e. The summed E-state index contributed by atoms with van der Waals surface area (Å²) in [6.07, 6.45) is 5.90. The van der Waals surface area contributed by atoms with E-state index in [4.69, 9.17) is 4.74 Å². The van der Waals surface area contributed by atoms with Crippen LogP contribution in [0.25, 0.3) is 0 Å². The Labute approximate surface area is 103 Å². The van der Waals surface area contributed by atoms with Gasteiger partial charge in [0.25, 0.3) is 0 Å². The zero-order chi connectivity index (χ0) is 12.0. The van der Waals surface area contributed by atoms with Gasteiger partial charge in [0.2, 0.25) is 0 Å². The molecule has 4 aliphatic rings. The van der Waals surface area contributed by atoms with Crippen LogP contribution in [0.15, 0.2) is 0 Å². The molecule has 0 saturated heterocycles. The molecule has 0 spiro atoms. The summed E-state index contributed by atoms with van der Waals surface area (Å²) in [6, 6.07) is 0. The Bertz CT molecular complexity index is 285. The highest BCUT2D eigenvalue weighted by molar-refractivity contribution is 5.73. The molecule has 3 heteroatoms. The van der Waals surface area contributed by atoms with Gasteiger partial charge in [-0.05, 0) is 62.7 Å². The number of ether oxygens (including phenoxy) is 1. The third kappa shape index (κ3) is 1.88. The van der Waals surface area contributed by atoms with Crippen LogP contribution >= 0.6 is 0 Å². The summed E-state index contributed by atoms with van der Waals surface area (Å²) in [5, 5.41) is 9.36. The third-order valence-corrected chi connectivity index (χ3v) is 5.24. The van der Waals surface area contributed by atoms with E-state index in [0.29, 0.717) is 24.4 Å². The van der Waals surface area contributed by atoms with Crippen molar-refractivity contribution >= 4 is 5.97 Å². The van der Waals surface area contributed by atoms with Gasteiger partial charge in [0.05, 0.1) is 0 Å². The van der Waals surface area contributed by atoms with Crippen LogP contribution in [0.3, 0.4) is 0 Å². The minimum absolute atomic E-state index is 0.292. The second-order valence-corrected chi connectivity index (χ2v) is 6.22. The third-order valence-electron chi connectivity index (χ3n) is 5.24. The van der Waals surface area contributed by atoms with E-state index < -0.39 is 12.1 Å². The van der Waals surface area contributed by atoms with Crippen LogP contribution < -0.4 is 0 Å². The Balaban J connectivity index is 1.80. The van der Waals surface area contributed by atoms with Crippen molar-refractivity contribution < 1.29 is 14.6 Å². The minimum Gasteiger partial charge on any atom is -0.479 e. The molecule has 3 nitrogen and oxygen atoms in total. The summed E-state index contributed by atoms with van der Waals surface area (Å²) in [5.41, 5.74) is 0. The lowest BCUT2D eigenvalue weighted by Crippen LogP contribution is -2.52. The van der Waals surface area contributed by atoms with Gasteiger partial charge in [-0.2, -0.15) is 0 Å². The lowest BCUT2D eigenvalue weighted by atomic mass is 9.51. The van der Waals surface area contributed by atoms with Crippen LogP contribution in [0, 0.1) is 29.6 Å². The molecule has 1 atom stereocenters. The fourth-order valence-electron chi connectivity index (χ4n) is 4.99. The number of carbonyl (C=O) groups is 1. The number of carboxylic acids is 1. The Kier molecular flexibility index (Phi) is 2.89. The second kappa shape index (κ2) is 4.27. The zero-order valence-electron chi connectivity index (χ0n) is 10.5. The molecule has 96 valence electrons. The molecule has 4 aliphatic carbocycles. The minimum atomic E-state index is -0.746. The predicted octanol–water partition coefficient (Wildman–Crippen LogP) is 2.55. The van der Waals surface area contributed by atoms with Crippen molar-refractivity contribution in [2.24, 2.45) is 29.6 Å². The van der Waals surface area contributed by atoms with Crippen molar-refractivity contribution in [3.8, 4) is 0 Å². The van der Waals surface area contributed by atoms with E-state index in [-0.39, 0.29) is 0 Å². The summed E-state index contributed by atoms with van der Waals surface area (Å²) in [4.78, 5) is 11.4. The Morgan fingerprint density at radius 2 is 1.71 bits per heavy atom. The van der Waals surface area contributed by atoms with E-state index in [1.165, 1.54) is 32.1 Å². The molecule has 0 aromatic heterocycles. The highest BCUT2D eigenvalue weighted by atomic mass is 16.5. The molecule has 0 amide bonds. The first-order chi connectivity index (χ1) is 8.19. The van der Waals surface area contributed by atoms with Gasteiger partial charge in [0, 0.05) is 12.5 Å². The first kappa shape index (κ1) is 11.5. The van der Waals surface area contributed by atoms with E-state index in [1.54, 1.807) is 0 Å². The van der Waals surface area contributed by atoms with Crippen molar-refractivity contribution in [3.05, 3.63) is 0 Å². The van der Waals surface area contributed by atoms with E-state index in [0.717, 1.165) is 11.8 Å². The van der Waals surface area contributed by atoms with Crippen LogP contribution in [0.2, 0.25) is 0 Å².